The van der Waals surface area contributed by atoms with Gasteiger partial charge in [0, 0.05) is 16.3 Å². The lowest BCUT2D eigenvalue weighted by Gasteiger charge is -2.60. The van der Waals surface area contributed by atoms with Crippen LogP contribution in [0.25, 0.3) is 0 Å². The van der Waals surface area contributed by atoms with Crippen molar-refractivity contribution in [3.8, 4) is 5.75 Å². The van der Waals surface area contributed by atoms with Gasteiger partial charge in [0.25, 0.3) is 0 Å². The molecule has 0 heterocycles. The fourth-order valence-electron chi connectivity index (χ4n) is 5.93. The SMILES string of the molecule is CCC(=O)c1ccc(OC(=O)CC23C[C@@H]4C[C@@H](CC(Br)(C4)C2)C3)cc1. The summed E-state index contributed by atoms with van der Waals surface area (Å²) < 4.78 is 5.85. The van der Waals surface area contributed by atoms with E-state index in [0.29, 0.717) is 24.2 Å². The van der Waals surface area contributed by atoms with Gasteiger partial charge in [-0.15, -0.1) is 0 Å². The Bertz CT molecular complexity index is 680. The van der Waals surface area contributed by atoms with Crippen molar-refractivity contribution >= 4 is 27.7 Å². The first-order valence-corrected chi connectivity index (χ1v) is 10.2. The van der Waals surface area contributed by atoms with E-state index < -0.39 is 0 Å². The van der Waals surface area contributed by atoms with E-state index in [0.717, 1.165) is 18.3 Å². The number of esters is 1. The van der Waals surface area contributed by atoms with Crippen LogP contribution in [-0.4, -0.2) is 16.1 Å². The van der Waals surface area contributed by atoms with Crippen LogP contribution in [0.2, 0.25) is 0 Å². The number of ketones is 1. The highest BCUT2D eigenvalue weighted by Crippen LogP contribution is 2.65. The Morgan fingerprint density at radius 3 is 2.32 bits per heavy atom. The Morgan fingerprint density at radius 1 is 1.12 bits per heavy atom. The molecule has 0 spiro atoms. The standard InChI is InChI=1S/C21H25BrO3/c1-2-18(23)16-3-5-17(6-4-16)25-19(24)12-20-8-14-7-15(9-20)11-21(22,10-14)13-20/h3-6,14-15H,2,7-13H2,1H3/t14-,15+,20?,21?. The minimum absolute atomic E-state index is 0.106. The number of hydrogen-bond acceptors (Lipinski definition) is 3. The van der Waals surface area contributed by atoms with Gasteiger partial charge in [-0.25, -0.2) is 0 Å². The first-order valence-electron chi connectivity index (χ1n) is 9.42. The van der Waals surface area contributed by atoms with Gasteiger partial charge in [-0.3, -0.25) is 9.59 Å². The van der Waals surface area contributed by atoms with Gasteiger partial charge < -0.3 is 4.74 Å². The maximum absolute atomic E-state index is 12.6. The van der Waals surface area contributed by atoms with E-state index in [1.807, 2.05) is 6.92 Å². The topological polar surface area (TPSA) is 43.4 Å². The number of carbonyl (C=O) groups is 2. The number of alkyl halides is 1. The number of benzene rings is 1. The summed E-state index contributed by atoms with van der Waals surface area (Å²) in [5, 5.41) is 0. The van der Waals surface area contributed by atoms with E-state index in [1.54, 1.807) is 24.3 Å². The summed E-state index contributed by atoms with van der Waals surface area (Å²) in [7, 11) is 0. The molecule has 4 heteroatoms. The lowest BCUT2D eigenvalue weighted by atomic mass is 9.49. The summed E-state index contributed by atoms with van der Waals surface area (Å²) >= 11 is 3.99. The van der Waals surface area contributed by atoms with E-state index >= 15 is 0 Å². The fourth-order valence-corrected chi connectivity index (χ4v) is 7.44. The number of ether oxygens (including phenoxy) is 1. The summed E-state index contributed by atoms with van der Waals surface area (Å²) in [4.78, 5) is 24.3. The van der Waals surface area contributed by atoms with E-state index in [4.69, 9.17) is 4.74 Å². The molecule has 4 fully saturated rings. The summed E-state index contributed by atoms with van der Waals surface area (Å²) in [5.41, 5.74) is 0.799. The molecule has 0 radical (unpaired) electrons. The highest BCUT2D eigenvalue weighted by atomic mass is 79.9. The predicted octanol–water partition coefficient (Wildman–Crippen LogP) is 5.31. The van der Waals surface area contributed by atoms with E-state index in [-0.39, 0.29) is 21.5 Å². The van der Waals surface area contributed by atoms with E-state index in [9.17, 15) is 9.59 Å². The summed E-state index contributed by atoms with van der Waals surface area (Å²) in [6.07, 6.45) is 8.34. The number of carbonyl (C=O) groups excluding carboxylic acids is 2. The van der Waals surface area contributed by atoms with E-state index in [1.165, 1.54) is 32.1 Å². The van der Waals surface area contributed by atoms with Crippen LogP contribution < -0.4 is 4.74 Å². The summed E-state index contributed by atoms with van der Waals surface area (Å²) in [5.74, 6) is 2.05. The molecule has 25 heavy (non-hydrogen) atoms. The maximum Gasteiger partial charge on any atom is 0.311 e. The first kappa shape index (κ1) is 17.3. The van der Waals surface area contributed by atoms with Crippen molar-refractivity contribution in [2.24, 2.45) is 17.3 Å². The highest BCUT2D eigenvalue weighted by Gasteiger charge is 2.57. The Balaban J connectivity index is 1.42. The molecule has 4 atom stereocenters. The second-order valence-electron chi connectivity index (χ2n) is 8.56. The molecular formula is C21H25BrO3. The van der Waals surface area contributed by atoms with Gasteiger partial charge in [-0.05, 0) is 80.0 Å². The van der Waals surface area contributed by atoms with Crippen LogP contribution in [0.5, 0.6) is 5.75 Å². The van der Waals surface area contributed by atoms with Crippen molar-refractivity contribution in [2.45, 2.75) is 62.6 Å². The monoisotopic (exact) mass is 404 g/mol. The van der Waals surface area contributed by atoms with Crippen LogP contribution in [0.1, 0.15) is 68.6 Å². The molecule has 1 aromatic carbocycles. The third-order valence-corrected chi connectivity index (χ3v) is 7.29. The zero-order valence-electron chi connectivity index (χ0n) is 14.7. The Kier molecular flexibility index (Phi) is 4.30. The molecule has 2 unspecified atom stereocenters. The molecule has 0 aliphatic heterocycles. The van der Waals surface area contributed by atoms with Crippen LogP contribution in [0.4, 0.5) is 0 Å². The smallest absolute Gasteiger partial charge is 0.311 e. The molecule has 134 valence electrons. The molecule has 0 amide bonds. The van der Waals surface area contributed by atoms with Gasteiger partial charge in [0.05, 0.1) is 6.42 Å². The number of rotatable bonds is 5. The lowest BCUT2D eigenvalue weighted by Crippen LogP contribution is -2.53. The highest BCUT2D eigenvalue weighted by molar-refractivity contribution is 9.10. The fraction of sp³-hybridized carbons (Fsp3) is 0.619. The Labute approximate surface area is 157 Å². The van der Waals surface area contributed by atoms with Gasteiger partial charge in [-0.1, -0.05) is 22.9 Å². The minimum Gasteiger partial charge on any atom is -0.427 e. The third-order valence-electron chi connectivity index (χ3n) is 6.36. The minimum atomic E-state index is -0.132. The average Bonchev–Trinajstić information content (AvgIpc) is 2.51. The van der Waals surface area contributed by atoms with Gasteiger partial charge in [0.2, 0.25) is 0 Å². The van der Waals surface area contributed by atoms with Gasteiger partial charge >= 0.3 is 5.97 Å². The van der Waals surface area contributed by atoms with Crippen molar-refractivity contribution in [3.63, 3.8) is 0 Å². The van der Waals surface area contributed by atoms with Gasteiger partial charge in [-0.2, -0.15) is 0 Å². The molecule has 0 aromatic heterocycles. The molecule has 3 nitrogen and oxygen atoms in total. The van der Waals surface area contributed by atoms with Gasteiger partial charge in [0.15, 0.2) is 5.78 Å². The van der Waals surface area contributed by atoms with Crippen molar-refractivity contribution in [2.75, 3.05) is 0 Å². The first-order chi connectivity index (χ1) is 11.9. The molecular weight excluding hydrogens is 380 g/mol. The van der Waals surface area contributed by atoms with Crippen LogP contribution >= 0.6 is 15.9 Å². The second-order valence-corrected chi connectivity index (χ2v) is 10.2. The van der Waals surface area contributed by atoms with Crippen LogP contribution in [0, 0.1) is 17.3 Å². The zero-order chi connectivity index (χ0) is 17.7. The third kappa shape index (κ3) is 3.42. The molecule has 4 aliphatic rings. The second kappa shape index (κ2) is 6.22. The number of Topliss-reactive ketones (excluding diaryl/α,β-unsaturated/α-hetero) is 1. The lowest BCUT2D eigenvalue weighted by molar-refractivity contribution is -0.141. The number of hydrogen-bond donors (Lipinski definition) is 0. The summed E-state index contributed by atoms with van der Waals surface area (Å²) in [6.45, 7) is 1.85. The quantitative estimate of drug-likeness (QED) is 0.289. The van der Waals surface area contributed by atoms with Crippen molar-refractivity contribution in [1.82, 2.24) is 0 Å². The Morgan fingerprint density at radius 2 is 1.76 bits per heavy atom. The Hall–Kier alpha value is -1.16. The normalized spacial score (nSPS) is 35.6. The summed E-state index contributed by atoms with van der Waals surface area (Å²) in [6, 6.07) is 6.94. The van der Waals surface area contributed by atoms with Crippen molar-refractivity contribution < 1.29 is 14.3 Å². The van der Waals surface area contributed by atoms with Crippen LogP contribution in [0.15, 0.2) is 24.3 Å². The molecule has 4 aliphatic carbocycles. The zero-order valence-corrected chi connectivity index (χ0v) is 16.3. The maximum atomic E-state index is 12.6. The van der Waals surface area contributed by atoms with E-state index in [2.05, 4.69) is 15.9 Å². The molecule has 5 rings (SSSR count). The molecule has 4 saturated carbocycles. The molecule has 0 saturated heterocycles. The van der Waals surface area contributed by atoms with Crippen molar-refractivity contribution in [3.05, 3.63) is 29.8 Å². The largest absolute Gasteiger partial charge is 0.427 e. The number of halogens is 1. The molecule has 1 aromatic rings. The average molecular weight is 405 g/mol. The van der Waals surface area contributed by atoms with Crippen LogP contribution in [0.3, 0.4) is 0 Å². The van der Waals surface area contributed by atoms with Crippen LogP contribution in [-0.2, 0) is 4.79 Å². The molecule has 0 N–H and O–H groups in total. The molecule has 4 bridgehead atoms. The predicted molar refractivity (Wildman–Crippen MR) is 100 cm³/mol. The van der Waals surface area contributed by atoms with Gasteiger partial charge in [0.1, 0.15) is 5.75 Å². The van der Waals surface area contributed by atoms with Crippen molar-refractivity contribution in [1.29, 1.82) is 0 Å².